The molecule has 1 heteroatoms. The van der Waals surface area contributed by atoms with Crippen molar-refractivity contribution >= 4 is 0 Å². The number of hydrogen-bond acceptors (Lipinski definition) is 1. The van der Waals surface area contributed by atoms with Gasteiger partial charge < -0.3 is 4.90 Å². The molecule has 0 saturated heterocycles. The first kappa shape index (κ1) is 16.0. The van der Waals surface area contributed by atoms with E-state index < -0.39 is 0 Å². The summed E-state index contributed by atoms with van der Waals surface area (Å²) >= 11 is 0. The molecule has 1 nitrogen and oxygen atoms in total. The van der Waals surface area contributed by atoms with Crippen molar-refractivity contribution in [2.24, 2.45) is 22.7 Å². The van der Waals surface area contributed by atoms with Crippen LogP contribution >= 0.6 is 0 Å². The Morgan fingerprint density at radius 1 is 0.750 bits per heavy atom. The fraction of sp³-hybridized carbons (Fsp3) is 1.00. The Morgan fingerprint density at radius 3 is 1.19 bits per heavy atom. The lowest BCUT2D eigenvalue weighted by molar-refractivity contribution is 0.0986. The van der Waals surface area contributed by atoms with Crippen molar-refractivity contribution in [1.29, 1.82) is 0 Å². The minimum absolute atomic E-state index is 0.405. The highest BCUT2D eigenvalue weighted by atomic mass is 15.1. The summed E-state index contributed by atoms with van der Waals surface area (Å²) in [6, 6.07) is 0. The summed E-state index contributed by atoms with van der Waals surface area (Å²) in [4.78, 5) is 2.50. The summed E-state index contributed by atoms with van der Waals surface area (Å²) in [6.45, 7) is 21.1. The molecule has 0 aliphatic rings. The fourth-order valence-corrected chi connectivity index (χ4v) is 1.81. The standard InChI is InChI=1S/C15H33N/c1-12(2)14(5,6)10-16(9)11-15(7,8)13(3)4/h12-13H,10-11H2,1-9H3. The van der Waals surface area contributed by atoms with E-state index in [-0.39, 0.29) is 0 Å². The van der Waals surface area contributed by atoms with Gasteiger partial charge in [-0.25, -0.2) is 0 Å². The van der Waals surface area contributed by atoms with E-state index in [0.717, 1.165) is 11.8 Å². The largest absolute Gasteiger partial charge is 0.305 e. The zero-order valence-electron chi connectivity index (χ0n) is 13.0. The van der Waals surface area contributed by atoms with Gasteiger partial charge >= 0.3 is 0 Å². The van der Waals surface area contributed by atoms with Crippen LogP contribution in [0.15, 0.2) is 0 Å². The van der Waals surface area contributed by atoms with Crippen LogP contribution < -0.4 is 0 Å². The van der Waals surface area contributed by atoms with Crippen LogP contribution in [0.5, 0.6) is 0 Å². The highest BCUT2D eigenvalue weighted by Crippen LogP contribution is 2.30. The van der Waals surface area contributed by atoms with Gasteiger partial charge in [0, 0.05) is 13.1 Å². The van der Waals surface area contributed by atoms with Gasteiger partial charge in [0.2, 0.25) is 0 Å². The summed E-state index contributed by atoms with van der Waals surface area (Å²) < 4.78 is 0. The summed E-state index contributed by atoms with van der Waals surface area (Å²) in [5, 5.41) is 0. The molecule has 0 rings (SSSR count). The molecular weight excluding hydrogens is 194 g/mol. The quantitative estimate of drug-likeness (QED) is 0.654. The van der Waals surface area contributed by atoms with Gasteiger partial charge in [0.1, 0.15) is 0 Å². The molecule has 0 bridgehead atoms. The van der Waals surface area contributed by atoms with Crippen LogP contribution in [-0.2, 0) is 0 Å². The van der Waals surface area contributed by atoms with Crippen LogP contribution in [-0.4, -0.2) is 25.0 Å². The van der Waals surface area contributed by atoms with Crippen molar-refractivity contribution in [3.63, 3.8) is 0 Å². The smallest absolute Gasteiger partial charge is 0.00323 e. The van der Waals surface area contributed by atoms with Gasteiger partial charge in [-0.1, -0.05) is 55.4 Å². The molecule has 16 heavy (non-hydrogen) atoms. The minimum atomic E-state index is 0.405. The molecule has 98 valence electrons. The van der Waals surface area contributed by atoms with Crippen molar-refractivity contribution in [2.75, 3.05) is 20.1 Å². The molecule has 0 aliphatic heterocycles. The van der Waals surface area contributed by atoms with E-state index in [1.807, 2.05) is 0 Å². The number of hydrogen-bond donors (Lipinski definition) is 0. The summed E-state index contributed by atoms with van der Waals surface area (Å²) in [6.07, 6.45) is 0. The van der Waals surface area contributed by atoms with Crippen molar-refractivity contribution in [3.05, 3.63) is 0 Å². The molecule has 0 aromatic rings. The highest BCUT2D eigenvalue weighted by molar-refractivity contribution is 4.80. The Kier molecular flexibility index (Phi) is 5.52. The molecule has 0 fully saturated rings. The molecule has 0 radical (unpaired) electrons. The van der Waals surface area contributed by atoms with Crippen LogP contribution in [0.25, 0.3) is 0 Å². The van der Waals surface area contributed by atoms with E-state index in [1.165, 1.54) is 13.1 Å². The molecule has 0 unspecified atom stereocenters. The van der Waals surface area contributed by atoms with Gasteiger partial charge in [0.05, 0.1) is 0 Å². The molecular formula is C15H33N. The van der Waals surface area contributed by atoms with Crippen LogP contribution in [0, 0.1) is 22.7 Å². The average Bonchev–Trinajstić information content (AvgIpc) is 2.00. The minimum Gasteiger partial charge on any atom is -0.305 e. The lowest BCUT2D eigenvalue weighted by Gasteiger charge is -2.39. The van der Waals surface area contributed by atoms with Crippen LogP contribution in [0.1, 0.15) is 55.4 Å². The number of nitrogens with zero attached hydrogens (tertiary/aromatic N) is 1. The lowest BCUT2D eigenvalue weighted by atomic mass is 9.78. The van der Waals surface area contributed by atoms with E-state index in [0.29, 0.717) is 10.8 Å². The zero-order chi connectivity index (χ0) is 13.1. The Balaban J connectivity index is 4.34. The first-order valence-corrected chi connectivity index (χ1v) is 6.67. The molecule has 0 aromatic heterocycles. The normalized spacial score (nSPS) is 14.2. The third-order valence-electron chi connectivity index (χ3n) is 4.48. The van der Waals surface area contributed by atoms with Gasteiger partial charge in [-0.05, 0) is 29.7 Å². The van der Waals surface area contributed by atoms with Crippen molar-refractivity contribution in [2.45, 2.75) is 55.4 Å². The molecule has 0 saturated carbocycles. The molecule has 0 heterocycles. The van der Waals surface area contributed by atoms with Crippen LogP contribution in [0.3, 0.4) is 0 Å². The first-order chi connectivity index (χ1) is 6.99. The van der Waals surface area contributed by atoms with Gasteiger partial charge in [-0.3, -0.25) is 0 Å². The second-order valence-corrected chi connectivity index (χ2v) is 7.46. The third-order valence-corrected chi connectivity index (χ3v) is 4.48. The SMILES string of the molecule is CC(C)C(C)(C)CN(C)CC(C)(C)C(C)C. The predicted octanol–water partition coefficient (Wildman–Crippen LogP) is 4.28. The summed E-state index contributed by atoms with van der Waals surface area (Å²) in [7, 11) is 2.26. The predicted molar refractivity (Wildman–Crippen MR) is 74.7 cm³/mol. The molecule has 0 spiro atoms. The van der Waals surface area contributed by atoms with E-state index in [9.17, 15) is 0 Å². The Labute approximate surface area is 104 Å². The van der Waals surface area contributed by atoms with E-state index >= 15 is 0 Å². The third kappa shape index (κ3) is 4.86. The second-order valence-electron chi connectivity index (χ2n) is 7.46. The maximum atomic E-state index is 2.50. The maximum Gasteiger partial charge on any atom is 0.00323 e. The summed E-state index contributed by atoms with van der Waals surface area (Å²) in [5.74, 6) is 1.47. The van der Waals surface area contributed by atoms with E-state index in [1.54, 1.807) is 0 Å². The van der Waals surface area contributed by atoms with Crippen molar-refractivity contribution < 1.29 is 0 Å². The topological polar surface area (TPSA) is 3.24 Å². The molecule has 0 atom stereocenters. The van der Waals surface area contributed by atoms with Crippen LogP contribution in [0.2, 0.25) is 0 Å². The molecule has 0 aliphatic carbocycles. The second kappa shape index (κ2) is 5.53. The van der Waals surface area contributed by atoms with E-state index in [4.69, 9.17) is 0 Å². The first-order valence-electron chi connectivity index (χ1n) is 6.67. The Hall–Kier alpha value is -0.0400. The van der Waals surface area contributed by atoms with E-state index in [2.05, 4.69) is 67.3 Å². The average molecular weight is 227 g/mol. The van der Waals surface area contributed by atoms with Crippen molar-refractivity contribution in [1.82, 2.24) is 4.90 Å². The zero-order valence-corrected chi connectivity index (χ0v) is 13.0. The fourth-order valence-electron chi connectivity index (χ4n) is 1.81. The van der Waals surface area contributed by atoms with Crippen molar-refractivity contribution in [3.8, 4) is 0 Å². The molecule has 0 aromatic carbocycles. The van der Waals surface area contributed by atoms with Gasteiger partial charge in [-0.15, -0.1) is 0 Å². The number of rotatable bonds is 6. The van der Waals surface area contributed by atoms with Gasteiger partial charge in [-0.2, -0.15) is 0 Å². The van der Waals surface area contributed by atoms with Gasteiger partial charge in [0.15, 0.2) is 0 Å². The lowest BCUT2D eigenvalue weighted by Crippen LogP contribution is -2.41. The highest BCUT2D eigenvalue weighted by Gasteiger charge is 2.28. The summed E-state index contributed by atoms with van der Waals surface area (Å²) in [5.41, 5.74) is 0.809. The van der Waals surface area contributed by atoms with Gasteiger partial charge in [0.25, 0.3) is 0 Å². The Morgan fingerprint density at radius 2 is 1.00 bits per heavy atom. The monoisotopic (exact) mass is 227 g/mol. The molecule has 0 amide bonds. The molecule has 0 N–H and O–H groups in total. The Bertz CT molecular complexity index is 179. The van der Waals surface area contributed by atoms with Crippen LogP contribution in [0.4, 0.5) is 0 Å². The maximum absolute atomic E-state index is 2.50.